The van der Waals surface area contributed by atoms with Gasteiger partial charge >= 0.3 is 0 Å². The quantitative estimate of drug-likeness (QED) is 0.436. The third-order valence-electron chi connectivity index (χ3n) is 2.14. The van der Waals surface area contributed by atoms with Crippen LogP contribution < -0.4 is 0 Å². The van der Waals surface area contributed by atoms with Gasteiger partial charge in [0.1, 0.15) is 0 Å². The van der Waals surface area contributed by atoms with Gasteiger partial charge in [-0.1, -0.05) is 13.8 Å². The smallest absolute Gasteiger partial charge is 0.255 e. The first-order valence-electron chi connectivity index (χ1n) is 5.54. The minimum Gasteiger partial charge on any atom is -0.417 e. The summed E-state index contributed by atoms with van der Waals surface area (Å²) >= 11 is 11.9. The van der Waals surface area contributed by atoms with Gasteiger partial charge in [-0.25, -0.2) is 0 Å². The fraction of sp³-hybridized carbons (Fsp3) is 0.333. The van der Waals surface area contributed by atoms with E-state index in [4.69, 9.17) is 4.42 Å². The molecule has 19 heavy (non-hydrogen) atoms. The Balaban J connectivity index is 2.20. The van der Waals surface area contributed by atoms with E-state index in [0.29, 0.717) is 17.0 Å². The van der Waals surface area contributed by atoms with Crippen molar-refractivity contribution >= 4 is 59.6 Å². The Kier molecular flexibility index (Phi) is 5.14. The maximum atomic E-state index is 5.59. The summed E-state index contributed by atoms with van der Waals surface area (Å²) in [6.45, 7) is 4.34. The Hall–Kier alpha value is 0.150. The van der Waals surface area contributed by atoms with Gasteiger partial charge in [0, 0.05) is 15.7 Å². The molecule has 0 aliphatic carbocycles. The SMILES string of the molecule is CC(C)Sc1ccc(-c2nnc(C(Br)(Br)Br)o2)cc1. The lowest BCUT2D eigenvalue weighted by atomic mass is 10.2. The maximum Gasteiger partial charge on any atom is 0.255 e. The number of rotatable bonds is 3. The molecule has 1 aromatic carbocycles. The van der Waals surface area contributed by atoms with E-state index in [-0.39, 0.29) is 0 Å². The van der Waals surface area contributed by atoms with Crippen molar-refractivity contribution < 1.29 is 4.42 Å². The molecule has 0 saturated carbocycles. The van der Waals surface area contributed by atoms with Gasteiger partial charge in [0.25, 0.3) is 5.89 Å². The van der Waals surface area contributed by atoms with Gasteiger partial charge in [0.05, 0.1) is 0 Å². The van der Waals surface area contributed by atoms with E-state index < -0.39 is 2.14 Å². The van der Waals surface area contributed by atoms with Gasteiger partial charge in [-0.2, -0.15) is 0 Å². The van der Waals surface area contributed by atoms with Crippen LogP contribution in [0.3, 0.4) is 0 Å². The number of hydrogen-bond donors (Lipinski definition) is 0. The maximum absolute atomic E-state index is 5.59. The van der Waals surface area contributed by atoms with E-state index >= 15 is 0 Å². The number of hydrogen-bond acceptors (Lipinski definition) is 4. The lowest BCUT2D eigenvalue weighted by Crippen LogP contribution is -1.97. The zero-order chi connectivity index (χ0) is 14.0. The molecule has 0 aliphatic rings. The highest BCUT2D eigenvalue weighted by atomic mass is 80.0. The zero-order valence-corrected chi connectivity index (χ0v) is 15.8. The van der Waals surface area contributed by atoms with Crippen molar-refractivity contribution in [2.24, 2.45) is 0 Å². The number of nitrogens with zero attached hydrogens (tertiary/aromatic N) is 2. The van der Waals surface area contributed by atoms with Crippen LogP contribution in [0.4, 0.5) is 0 Å². The molecule has 3 nitrogen and oxygen atoms in total. The van der Waals surface area contributed by atoms with E-state index in [0.717, 1.165) is 5.56 Å². The summed E-state index contributed by atoms with van der Waals surface area (Å²) in [6, 6.07) is 8.10. The van der Waals surface area contributed by atoms with Crippen LogP contribution in [-0.2, 0) is 2.14 Å². The largest absolute Gasteiger partial charge is 0.417 e. The van der Waals surface area contributed by atoms with Gasteiger partial charge in [-0.3, -0.25) is 0 Å². The normalized spacial score (nSPS) is 12.1. The van der Waals surface area contributed by atoms with E-state index in [1.165, 1.54) is 4.90 Å². The predicted molar refractivity (Wildman–Crippen MR) is 89.2 cm³/mol. The second-order valence-electron chi connectivity index (χ2n) is 4.10. The number of alkyl halides is 3. The van der Waals surface area contributed by atoms with Crippen LogP contribution in [0.25, 0.3) is 11.5 Å². The Labute approximate surface area is 141 Å². The second-order valence-corrected chi connectivity index (χ2v) is 12.5. The van der Waals surface area contributed by atoms with E-state index in [2.05, 4.69) is 84.0 Å². The van der Waals surface area contributed by atoms with Gasteiger partial charge in [-0.05, 0) is 72.1 Å². The monoisotopic (exact) mass is 468 g/mol. The molecule has 0 radical (unpaired) electrons. The van der Waals surface area contributed by atoms with Crippen molar-refractivity contribution in [2.75, 3.05) is 0 Å². The van der Waals surface area contributed by atoms with Gasteiger partial charge in [0.2, 0.25) is 8.03 Å². The number of benzene rings is 1. The van der Waals surface area contributed by atoms with Crippen molar-refractivity contribution in [1.82, 2.24) is 10.2 Å². The molecular formula is C12H11Br3N2OS. The van der Waals surface area contributed by atoms with Crippen LogP contribution in [-0.4, -0.2) is 15.4 Å². The molecule has 102 valence electrons. The van der Waals surface area contributed by atoms with Crippen molar-refractivity contribution in [3.05, 3.63) is 30.2 Å². The molecule has 2 rings (SSSR count). The first-order chi connectivity index (χ1) is 8.86. The first-order valence-corrected chi connectivity index (χ1v) is 8.80. The van der Waals surface area contributed by atoms with Crippen molar-refractivity contribution in [2.45, 2.75) is 26.1 Å². The van der Waals surface area contributed by atoms with Crippen LogP contribution in [0.15, 0.2) is 33.6 Å². The Morgan fingerprint density at radius 2 is 1.74 bits per heavy atom. The average molecular weight is 471 g/mol. The third-order valence-corrected chi connectivity index (χ3v) is 4.17. The molecule has 0 spiro atoms. The number of halogens is 3. The molecule has 0 unspecified atom stereocenters. The second kappa shape index (κ2) is 6.28. The molecule has 1 heterocycles. The number of thioether (sulfide) groups is 1. The lowest BCUT2D eigenvalue weighted by molar-refractivity contribution is 0.524. The number of aromatic nitrogens is 2. The van der Waals surface area contributed by atoms with Gasteiger partial charge in [-0.15, -0.1) is 22.0 Å². The average Bonchev–Trinajstić information content (AvgIpc) is 2.78. The highest BCUT2D eigenvalue weighted by molar-refractivity contribution is 9.38. The van der Waals surface area contributed by atoms with Crippen molar-refractivity contribution in [3.8, 4) is 11.5 Å². The van der Waals surface area contributed by atoms with Crippen LogP contribution >= 0.6 is 59.6 Å². The minimum atomic E-state index is -0.675. The van der Waals surface area contributed by atoms with E-state index in [1.54, 1.807) is 0 Å². The molecule has 0 amide bonds. The summed E-state index contributed by atoms with van der Waals surface area (Å²) in [5, 5.41) is 8.57. The lowest BCUT2D eigenvalue weighted by Gasteiger charge is -2.05. The molecular weight excluding hydrogens is 460 g/mol. The molecule has 0 bridgehead atoms. The summed E-state index contributed by atoms with van der Waals surface area (Å²) < 4.78 is 4.91. The molecule has 1 aromatic heterocycles. The summed E-state index contributed by atoms with van der Waals surface area (Å²) in [4.78, 5) is 1.23. The molecule has 0 atom stereocenters. The Morgan fingerprint density at radius 1 is 1.11 bits per heavy atom. The first kappa shape index (κ1) is 15.5. The van der Waals surface area contributed by atoms with Crippen LogP contribution in [0.1, 0.15) is 19.7 Å². The third kappa shape index (κ3) is 4.31. The predicted octanol–water partition coefficient (Wildman–Crippen LogP) is 5.53. The Bertz CT molecular complexity index is 549. The molecule has 0 saturated heterocycles. The minimum absolute atomic E-state index is 0.420. The molecule has 0 fully saturated rings. The van der Waals surface area contributed by atoms with Crippen LogP contribution in [0.5, 0.6) is 0 Å². The van der Waals surface area contributed by atoms with Gasteiger partial charge < -0.3 is 4.42 Å². The van der Waals surface area contributed by atoms with E-state index in [9.17, 15) is 0 Å². The summed E-state index contributed by atoms with van der Waals surface area (Å²) in [7, 11) is 0. The zero-order valence-electron chi connectivity index (χ0n) is 10.2. The van der Waals surface area contributed by atoms with Crippen LogP contribution in [0, 0.1) is 0 Å². The van der Waals surface area contributed by atoms with Crippen LogP contribution in [0.2, 0.25) is 0 Å². The summed E-state index contributed by atoms with van der Waals surface area (Å²) in [6.07, 6.45) is 0. The fourth-order valence-corrected chi connectivity index (χ4v) is 2.72. The highest BCUT2D eigenvalue weighted by Crippen LogP contribution is 2.44. The fourth-order valence-electron chi connectivity index (χ4n) is 1.40. The topological polar surface area (TPSA) is 38.9 Å². The van der Waals surface area contributed by atoms with E-state index in [1.807, 2.05) is 23.9 Å². The summed E-state index contributed by atoms with van der Waals surface area (Å²) in [5.74, 6) is 0.918. The van der Waals surface area contributed by atoms with Gasteiger partial charge in [0.15, 0.2) is 0 Å². The molecule has 0 N–H and O–H groups in total. The van der Waals surface area contributed by atoms with Crippen molar-refractivity contribution in [1.29, 1.82) is 0 Å². The van der Waals surface area contributed by atoms with Crippen molar-refractivity contribution in [3.63, 3.8) is 0 Å². The summed E-state index contributed by atoms with van der Waals surface area (Å²) in [5.41, 5.74) is 0.906. The molecule has 0 aliphatic heterocycles. The Morgan fingerprint density at radius 3 is 2.21 bits per heavy atom. The standard InChI is InChI=1S/C12H11Br3N2OS/c1-7(2)19-9-5-3-8(4-6-9)10-16-17-11(18-10)12(13,14)15/h3-7H,1-2H3. The molecule has 2 aromatic rings. The highest BCUT2D eigenvalue weighted by Gasteiger charge is 2.28. The molecule has 7 heteroatoms.